The van der Waals surface area contributed by atoms with Crippen molar-refractivity contribution in [3.8, 4) is 0 Å². The lowest BCUT2D eigenvalue weighted by Gasteiger charge is -2.35. The van der Waals surface area contributed by atoms with Crippen LogP contribution in [0.3, 0.4) is 0 Å². The van der Waals surface area contributed by atoms with Gasteiger partial charge in [0.05, 0.1) is 19.3 Å². The topological polar surface area (TPSA) is 78.0 Å². The second-order valence-electron chi connectivity index (χ2n) is 7.63. The van der Waals surface area contributed by atoms with Crippen LogP contribution in [0.5, 0.6) is 0 Å². The molecule has 0 radical (unpaired) electrons. The summed E-state index contributed by atoms with van der Waals surface area (Å²) in [7, 11) is 3.37. The van der Waals surface area contributed by atoms with Crippen molar-refractivity contribution in [3.05, 3.63) is 71.0 Å². The molecule has 1 unspecified atom stereocenters. The number of nitrogens with zero attached hydrogens (tertiary/aromatic N) is 2. The van der Waals surface area contributed by atoms with Crippen molar-refractivity contribution in [2.75, 3.05) is 53.5 Å². The van der Waals surface area contributed by atoms with Crippen LogP contribution in [-0.4, -0.2) is 70.3 Å². The molecule has 1 fully saturated rings. The van der Waals surface area contributed by atoms with E-state index in [1.54, 1.807) is 20.2 Å². The van der Waals surface area contributed by atoms with Crippen LogP contribution >= 0.6 is 0 Å². The van der Waals surface area contributed by atoms with Crippen LogP contribution in [0.2, 0.25) is 0 Å². The van der Waals surface area contributed by atoms with Crippen LogP contribution in [0.15, 0.2) is 53.5 Å². The highest BCUT2D eigenvalue weighted by molar-refractivity contribution is 5.94. The van der Waals surface area contributed by atoms with E-state index in [2.05, 4.69) is 25.8 Å². The third-order valence-electron chi connectivity index (χ3n) is 5.55. The first-order valence-corrected chi connectivity index (χ1v) is 10.9. The molecule has 0 bridgehead atoms. The molecule has 0 saturated carbocycles. The Morgan fingerprint density at radius 3 is 2.59 bits per heavy atom. The lowest BCUT2D eigenvalue weighted by Crippen LogP contribution is -2.46. The number of ether oxygens (including phenoxy) is 1. The molecule has 0 spiro atoms. The minimum absolute atomic E-state index is 0.0855. The molecule has 1 heterocycles. The summed E-state index contributed by atoms with van der Waals surface area (Å²) in [5.74, 6) is 0.375. The lowest BCUT2D eigenvalue weighted by molar-refractivity contribution is 0.0170. The van der Waals surface area contributed by atoms with Crippen LogP contribution in [0.25, 0.3) is 0 Å². The molecule has 1 aliphatic rings. The summed E-state index contributed by atoms with van der Waals surface area (Å²) in [5, 5.41) is 9.38. The molecule has 172 valence electrons. The molecule has 7 nitrogen and oxygen atoms in total. The van der Waals surface area contributed by atoms with E-state index in [0.29, 0.717) is 37.8 Å². The average Bonchev–Trinajstić information content (AvgIpc) is 2.84. The van der Waals surface area contributed by atoms with Crippen LogP contribution in [0.4, 0.5) is 4.39 Å². The Balaban J connectivity index is 1.56. The summed E-state index contributed by atoms with van der Waals surface area (Å²) < 4.78 is 18.9. The second-order valence-corrected chi connectivity index (χ2v) is 7.63. The van der Waals surface area contributed by atoms with E-state index in [4.69, 9.17) is 4.74 Å². The first-order valence-electron chi connectivity index (χ1n) is 10.9. The summed E-state index contributed by atoms with van der Waals surface area (Å²) in [6.45, 7) is 4.36. The zero-order chi connectivity index (χ0) is 22.8. The van der Waals surface area contributed by atoms with E-state index in [0.717, 1.165) is 30.6 Å². The smallest absolute Gasteiger partial charge is 0.251 e. The van der Waals surface area contributed by atoms with Gasteiger partial charge in [-0.25, -0.2) is 4.39 Å². The van der Waals surface area contributed by atoms with Gasteiger partial charge in [0.2, 0.25) is 0 Å². The molecule has 1 amide bonds. The second kappa shape index (κ2) is 12.2. The van der Waals surface area contributed by atoms with Crippen molar-refractivity contribution in [1.29, 1.82) is 0 Å². The summed E-state index contributed by atoms with van der Waals surface area (Å²) >= 11 is 0. The maximum Gasteiger partial charge on any atom is 0.251 e. The van der Waals surface area contributed by atoms with Gasteiger partial charge in [-0.3, -0.25) is 14.7 Å². The van der Waals surface area contributed by atoms with E-state index in [1.807, 2.05) is 30.3 Å². The van der Waals surface area contributed by atoms with Crippen molar-refractivity contribution in [1.82, 2.24) is 20.9 Å². The minimum Gasteiger partial charge on any atom is -0.379 e. The monoisotopic (exact) mass is 441 g/mol. The first-order chi connectivity index (χ1) is 15.6. The number of halogens is 1. The van der Waals surface area contributed by atoms with Crippen molar-refractivity contribution in [2.45, 2.75) is 12.5 Å². The van der Waals surface area contributed by atoms with Crippen molar-refractivity contribution in [3.63, 3.8) is 0 Å². The predicted molar refractivity (Wildman–Crippen MR) is 124 cm³/mol. The van der Waals surface area contributed by atoms with E-state index >= 15 is 0 Å². The Kier molecular flexibility index (Phi) is 9.01. The van der Waals surface area contributed by atoms with Gasteiger partial charge in [-0.1, -0.05) is 24.3 Å². The van der Waals surface area contributed by atoms with E-state index in [9.17, 15) is 9.18 Å². The van der Waals surface area contributed by atoms with Crippen LogP contribution in [0.1, 0.15) is 27.5 Å². The maximum atomic E-state index is 13.4. The number of rotatable bonds is 8. The highest BCUT2D eigenvalue weighted by Crippen LogP contribution is 2.21. The molecular weight excluding hydrogens is 409 g/mol. The number of hydrogen-bond acceptors (Lipinski definition) is 4. The number of carbonyl (C=O) groups excluding carboxylic acids is 1. The molecule has 3 rings (SSSR count). The standard InChI is InChI=1S/C24H32FN5O2/c1-26-23(31)20-5-3-4-18(16-20)10-11-28-24(27-2)29-17-22(30-12-14-32-15-13-30)19-6-8-21(25)9-7-19/h3-9,16,22H,10-15,17H2,1-2H3,(H,26,31)(H2,27,28,29). The van der Waals surface area contributed by atoms with E-state index in [-0.39, 0.29) is 17.8 Å². The molecule has 0 aromatic heterocycles. The number of guanidine groups is 1. The van der Waals surface area contributed by atoms with Crippen LogP contribution in [-0.2, 0) is 11.2 Å². The summed E-state index contributed by atoms with van der Waals surface area (Å²) in [6, 6.07) is 14.4. The number of carbonyl (C=O) groups is 1. The number of amides is 1. The minimum atomic E-state index is -0.236. The van der Waals surface area contributed by atoms with Gasteiger partial charge in [0, 0.05) is 45.8 Å². The lowest BCUT2D eigenvalue weighted by atomic mass is 10.0. The first kappa shape index (κ1) is 23.7. The van der Waals surface area contributed by atoms with E-state index in [1.165, 1.54) is 12.1 Å². The van der Waals surface area contributed by atoms with Gasteiger partial charge in [-0.2, -0.15) is 0 Å². The third kappa shape index (κ3) is 6.77. The highest BCUT2D eigenvalue weighted by Gasteiger charge is 2.23. The van der Waals surface area contributed by atoms with Crippen molar-refractivity contribution in [2.24, 2.45) is 4.99 Å². The fraction of sp³-hybridized carbons (Fsp3) is 0.417. The molecule has 1 saturated heterocycles. The van der Waals surface area contributed by atoms with Gasteiger partial charge >= 0.3 is 0 Å². The summed E-state index contributed by atoms with van der Waals surface area (Å²) in [4.78, 5) is 18.5. The molecule has 0 aliphatic carbocycles. The zero-order valence-electron chi connectivity index (χ0n) is 18.7. The Morgan fingerprint density at radius 2 is 1.91 bits per heavy atom. The zero-order valence-corrected chi connectivity index (χ0v) is 18.7. The van der Waals surface area contributed by atoms with Gasteiger partial charge in [-0.05, 0) is 41.8 Å². The maximum absolute atomic E-state index is 13.4. The Hall–Kier alpha value is -2.97. The van der Waals surface area contributed by atoms with Gasteiger partial charge in [0.1, 0.15) is 5.82 Å². The number of morpholine rings is 1. The molecule has 8 heteroatoms. The SMILES string of the molecule is CN=C(NCCc1cccc(C(=O)NC)c1)NCC(c1ccc(F)cc1)N1CCOCC1. The summed E-state index contributed by atoms with van der Waals surface area (Å²) in [6.07, 6.45) is 0.760. The van der Waals surface area contributed by atoms with E-state index < -0.39 is 0 Å². The Bertz CT molecular complexity index is 898. The quantitative estimate of drug-likeness (QED) is 0.431. The van der Waals surface area contributed by atoms with Gasteiger partial charge in [-0.15, -0.1) is 0 Å². The van der Waals surface area contributed by atoms with Crippen molar-refractivity contribution < 1.29 is 13.9 Å². The predicted octanol–water partition coefficient (Wildman–Crippen LogP) is 1.97. The molecule has 2 aromatic rings. The van der Waals surface area contributed by atoms with Crippen molar-refractivity contribution >= 4 is 11.9 Å². The molecular formula is C24H32FN5O2. The number of benzene rings is 2. The fourth-order valence-electron chi connectivity index (χ4n) is 3.78. The van der Waals surface area contributed by atoms with Gasteiger partial charge in [0.15, 0.2) is 5.96 Å². The Labute approximate surface area is 189 Å². The van der Waals surface area contributed by atoms with Crippen LogP contribution < -0.4 is 16.0 Å². The number of nitrogens with one attached hydrogen (secondary N) is 3. The summed E-state index contributed by atoms with van der Waals surface area (Å²) in [5.41, 5.74) is 2.79. The fourth-order valence-corrected chi connectivity index (χ4v) is 3.78. The molecule has 1 atom stereocenters. The molecule has 3 N–H and O–H groups in total. The van der Waals surface area contributed by atoms with Crippen LogP contribution in [0, 0.1) is 5.82 Å². The van der Waals surface area contributed by atoms with Gasteiger partial charge < -0.3 is 20.7 Å². The molecule has 1 aliphatic heterocycles. The largest absolute Gasteiger partial charge is 0.379 e. The molecule has 32 heavy (non-hydrogen) atoms. The number of hydrogen-bond donors (Lipinski definition) is 3. The van der Waals surface area contributed by atoms with Gasteiger partial charge in [0.25, 0.3) is 5.91 Å². The molecule has 2 aromatic carbocycles. The Morgan fingerprint density at radius 1 is 1.16 bits per heavy atom. The third-order valence-corrected chi connectivity index (χ3v) is 5.55. The average molecular weight is 442 g/mol. The number of aliphatic imine (C=N–C) groups is 1. The highest BCUT2D eigenvalue weighted by atomic mass is 19.1. The normalized spacial score (nSPS) is 15.8.